The highest BCUT2D eigenvalue weighted by Gasteiger charge is 2.14. The van der Waals surface area contributed by atoms with Gasteiger partial charge in [0.25, 0.3) is 0 Å². The summed E-state index contributed by atoms with van der Waals surface area (Å²) in [6, 6.07) is 8.00. The van der Waals surface area contributed by atoms with Gasteiger partial charge in [0.2, 0.25) is 5.91 Å². The summed E-state index contributed by atoms with van der Waals surface area (Å²) in [5.74, 6) is 0.0383. The third kappa shape index (κ3) is 5.77. The Morgan fingerprint density at radius 3 is 2.95 bits per heavy atom. The lowest BCUT2D eigenvalue weighted by molar-refractivity contribution is -0.123. The zero-order valence-corrected chi connectivity index (χ0v) is 14.0. The maximum Gasteiger partial charge on any atom is 0.222 e. The molecule has 21 heavy (non-hydrogen) atoms. The van der Waals surface area contributed by atoms with Crippen LogP contribution in [0, 0.1) is 0 Å². The molecule has 0 unspecified atom stereocenters. The molecule has 0 saturated carbocycles. The van der Waals surface area contributed by atoms with E-state index in [0.29, 0.717) is 19.1 Å². The Morgan fingerprint density at radius 1 is 1.48 bits per heavy atom. The van der Waals surface area contributed by atoms with Crippen molar-refractivity contribution in [3.05, 3.63) is 34.3 Å². The average Bonchev–Trinajstić information content (AvgIpc) is 2.48. The molecule has 2 rings (SSSR count). The first kappa shape index (κ1) is 16.5. The number of nitrogens with one attached hydrogen (secondary N) is 2. The third-order valence-electron chi connectivity index (χ3n) is 3.70. The number of rotatable bonds is 6. The van der Waals surface area contributed by atoms with Crippen molar-refractivity contribution in [2.24, 2.45) is 0 Å². The van der Waals surface area contributed by atoms with E-state index in [2.05, 4.69) is 26.6 Å². The minimum absolute atomic E-state index is 0.00822. The standard InChI is InChI=1S/C16H23BrN2O2/c1-12(13-3-2-4-14(17)11-13)19-16(20)7-10-21-15-5-8-18-9-6-15/h2-4,11-12,15,18H,5-10H2,1H3,(H,19,20)/t12-/m0/s1. The fraction of sp³-hybridized carbons (Fsp3) is 0.562. The van der Waals surface area contributed by atoms with Gasteiger partial charge in [0.05, 0.1) is 18.8 Å². The van der Waals surface area contributed by atoms with Gasteiger partial charge in [-0.3, -0.25) is 4.79 Å². The zero-order chi connectivity index (χ0) is 15.1. The van der Waals surface area contributed by atoms with Crippen molar-refractivity contribution in [1.82, 2.24) is 10.6 Å². The fourth-order valence-electron chi connectivity index (χ4n) is 2.45. The predicted molar refractivity (Wildman–Crippen MR) is 87.2 cm³/mol. The summed E-state index contributed by atoms with van der Waals surface area (Å²) in [7, 11) is 0. The lowest BCUT2D eigenvalue weighted by atomic mass is 10.1. The van der Waals surface area contributed by atoms with Crippen LogP contribution >= 0.6 is 15.9 Å². The second kappa shape index (κ2) is 8.51. The summed E-state index contributed by atoms with van der Waals surface area (Å²) in [4.78, 5) is 11.9. The molecule has 1 saturated heterocycles. The summed E-state index contributed by atoms with van der Waals surface area (Å²) in [5, 5.41) is 6.31. The number of ether oxygens (including phenoxy) is 1. The van der Waals surface area contributed by atoms with Crippen LogP contribution < -0.4 is 10.6 Å². The van der Waals surface area contributed by atoms with Crippen LogP contribution in [0.25, 0.3) is 0 Å². The quantitative estimate of drug-likeness (QED) is 0.825. The lowest BCUT2D eigenvalue weighted by Crippen LogP contribution is -2.33. The molecule has 0 aliphatic carbocycles. The highest BCUT2D eigenvalue weighted by Crippen LogP contribution is 2.17. The minimum Gasteiger partial charge on any atom is -0.378 e. The predicted octanol–water partition coefficient (Wildman–Crippen LogP) is 2.79. The Kier molecular flexibility index (Phi) is 6.67. The molecule has 1 aliphatic rings. The maximum atomic E-state index is 11.9. The fourth-order valence-corrected chi connectivity index (χ4v) is 2.87. The van der Waals surface area contributed by atoms with Crippen molar-refractivity contribution in [3.8, 4) is 0 Å². The molecular weight excluding hydrogens is 332 g/mol. The summed E-state index contributed by atoms with van der Waals surface area (Å²) in [6.07, 6.45) is 2.80. The Labute approximate surface area is 134 Å². The first-order valence-corrected chi connectivity index (χ1v) is 8.31. The first-order valence-electron chi connectivity index (χ1n) is 7.52. The topological polar surface area (TPSA) is 50.4 Å². The van der Waals surface area contributed by atoms with Crippen LogP contribution in [-0.4, -0.2) is 31.7 Å². The Balaban J connectivity index is 1.69. The maximum absolute atomic E-state index is 11.9. The number of halogens is 1. The van der Waals surface area contributed by atoms with Gasteiger partial charge in [0, 0.05) is 10.9 Å². The second-order valence-corrected chi connectivity index (χ2v) is 6.33. The number of hydrogen-bond acceptors (Lipinski definition) is 3. The molecule has 116 valence electrons. The molecule has 1 atom stereocenters. The normalized spacial score (nSPS) is 17.4. The molecule has 2 N–H and O–H groups in total. The number of hydrogen-bond donors (Lipinski definition) is 2. The SMILES string of the molecule is C[C@H](NC(=O)CCOC1CCNCC1)c1cccc(Br)c1. The van der Waals surface area contributed by atoms with Gasteiger partial charge in [-0.1, -0.05) is 28.1 Å². The molecule has 1 aromatic carbocycles. The molecule has 1 heterocycles. The van der Waals surface area contributed by atoms with Crippen LogP contribution in [0.4, 0.5) is 0 Å². The van der Waals surface area contributed by atoms with Gasteiger partial charge in [-0.05, 0) is 50.6 Å². The summed E-state index contributed by atoms with van der Waals surface area (Å²) < 4.78 is 6.78. The third-order valence-corrected chi connectivity index (χ3v) is 4.19. The first-order chi connectivity index (χ1) is 10.1. The van der Waals surface area contributed by atoms with E-state index >= 15 is 0 Å². The Bertz CT molecular complexity index is 461. The monoisotopic (exact) mass is 354 g/mol. The van der Waals surface area contributed by atoms with Gasteiger partial charge in [-0.25, -0.2) is 0 Å². The zero-order valence-electron chi connectivity index (χ0n) is 12.4. The van der Waals surface area contributed by atoms with Crippen LogP contribution in [0.2, 0.25) is 0 Å². The van der Waals surface area contributed by atoms with Crippen molar-refractivity contribution in [1.29, 1.82) is 0 Å². The van der Waals surface area contributed by atoms with Gasteiger partial charge in [0.15, 0.2) is 0 Å². The molecule has 4 nitrogen and oxygen atoms in total. The minimum atomic E-state index is 0.00822. The molecule has 5 heteroatoms. The largest absolute Gasteiger partial charge is 0.378 e. The molecule has 1 fully saturated rings. The molecule has 0 aromatic heterocycles. The van der Waals surface area contributed by atoms with Crippen LogP contribution in [0.1, 0.15) is 37.8 Å². The van der Waals surface area contributed by atoms with E-state index in [0.717, 1.165) is 36.0 Å². The molecule has 0 spiro atoms. The second-order valence-electron chi connectivity index (χ2n) is 5.41. The van der Waals surface area contributed by atoms with Crippen LogP contribution in [0.15, 0.2) is 28.7 Å². The Hall–Kier alpha value is -0.910. The van der Waals surface area contributed by atoms with Crippen LogP contribution in [0.3, 0.4) is 0 Å². The Morgan fingerprint density at radius 2 is 2.24 bits per heavy atom. The van der Waals surface area contributed by atoms with E-state index in [1.807, 2.05) is 31.2 Å². The molecule has 1 aliphatic heterocycles. The van der Waals surface area contributed by atoms with E-state index in [4.69, 9.17) is 4.74 Å². The van der Waals surface area contributed by atoms with Crippen molar-refractivity contribution in [2.45, 2.75) is 38.3 Å². The number of carbonyl (C=O) groups is 1. The van der Waals surface area contributed by atoms with E-state index < -0.39 is 0 Å². The van der Waals surface area contributed by atoms with Crippen LogP contribution in [0.5, 0.6) is 0 Å². The average molecular weight is 355 g/mol. The van der Waals surface area contributed by atoms with Gasteiger partial charge in [-0.15, -0.1) is 0 Å². The van der Waals surface area contributed by atoms with E-state index in [1.165, 1.54) is 0 Å². The molecule has 1 aromatic rings. The van der Waals surface area contributed by atoms with Gasteiger partial charge in [-0.2, -0.15) is 0 Å². The van der Waals surface area contributed by atoms with Gasteiger partial charge < -0.3 is 15.4 Å². The smallest absolute Gasteiger partial charge is 0.222 e. The summed E-state index contributed by atoms with van der Waals surface area (Å²) >= 11 is 3.44. The highest BCUT2D eigenvalue weighted by atomic mass is 79.9. The summed E-state index contributed by atoms with van der Waals surface area (Å²) in [6.45, 7) is 4.52. The van der Waals surface area contributed by atoms with Crippen molar-refractivity contribution in [2.75, 3.05) is 19.7 Å². The van der Waals surface area contributed by atoms with E-state index in [9.17, 15) is 4.79 Å². The number of carbonyl (C=O) groups excluding carboxylic acids is 1. The molecule has 1 amide bonds. The number of benzene rings is 1. The highest BCUT2D eigenvalue weighted by molar-refractivity contribution is 9.10. The van der Waals surface area contributed by atoms with E-state index in [-0.39, 0.29) is 11.9 Å². The van der Waals surface area contributed by atoms with Crippen molar-refractivity contribution in [3.63, 3.8) is 0 Å². The van der Waals surface area contributed by atoms with Crippen molar-refractivity contribution >= 4 is 21.8 Å². The van der Waals surface area contributed by atoms with Crippen LogP contribution in [-0.2, 0) is 9.53 Å². The number of amides is 1. The van der Waals surface area contributed by atoms with Gasteiger partial charge >= 0.3 is 0 Å². The van der Waals surface area contributed by atoms with Gasteiger partial charge in [0.1, 0.15) is 0 Å². The summed E-state index contributed by atoms with van der Waals surface area (Å²) in [5.41, 5.74) is 1.09. The molecule has 0 radical (unpaired) electrons. The van der Waals surface area contributed by atoms with E-state index in [1.54, 1.807) is 0 Å². The molecular formula is C16H23BrN2O2. The van der Waals surface area contributed by atoms with Crippen molar-refractivity contribution < 1.29 is 9.53 Å². The molecule has 0 bridgehead atoms. The lowest BCUT2D eigenvalue weighted by Gasteiger charge is -2.23. The number of piperidine rings is 1.